The van der Waals surface area contributed by atoms with Gasteiger partial charge in [-0.25, -0.2) is 9.78 Å². The summed E-state index contributed by atoms with van der Waals surface area (Å²) in [7, 11) is 1.65. The summed E-state index contributed by atoms with van der Waals surface area (Å²) in [6, 6.07) is -0.454. The van der Waals surface area contributed by atoms with Crippen molar-refractivity contribution in [3.8, 4) is 0 Å². The maximum atomic E-state index is 12.8. The van der Waals surface area contributed by atoms with E-state index in [-0.39, 0.29) is 24.3 Å². The molecular formula is C16H22N4O3S. The molecule has 2 fully saturated rings. The van der Waals surface area contributed by atoms with Gasteiger partial charge in [-0.05, 0) is 18.8 Å². The molecule has 2 aliphatic rings. The van der Waals surface area contributed by atoms with Crippen molar-refractivity contribution >= 4 is 29.2 Å². The average Bonchev–Trinajstić information content (AvgIpc) is 3.13. The fourth-order valence-corrected chi connectivity index (χ4v) is 4.09. The Kier molecular flexibility index (Phi) is 4.58. The molecule has 1 saturated carbocycles. The number of nitrogens with zero attached hydrogens (tertiary/aromatic N) is 3. The van der Waals surface area contributed by atoms with Crippen molar-refractivity contribution in [3.05, 3.63) is 16.6 Å². The molecule has 1 aromatic heterocycles. The van der Waals surface area contributed by atoms with E-state index in [1.54, 1.807) is 12.6 Å². The smallest absolute Gasteiger partial charge is 0.325 e. The summed E-state index contributed by atoms with van der Waals surface area (Å²) in [5.41, 5.74) is 1.69. The molecule has 2 atom stereocenters. The molecule has 130 valence electrons. The fourth-order valence-electron chi connectivity index (χ4n) is 3.54. The number of aromatic nitrogens is 1. The maximum Gasteiger partial charge on any atom is 0.325 e. The highest BCUT2D eigenvalue weighted by Crippen LogP contribution is 2.38. The van der Waals surface area contributed by atoms with Gasteiger partial charge >= 0.3 is 6.03 Å². The lowest BCUT2D eigenvalue weighted by Crippen LogP contribution is -2.54. The number of urea groups is 1. The maximum absolute atomic E-state index is 12.8. The van der Waals surface area contributed by atoms with Gasteiger partial charge in [0.25, 0.3) is 5.91 Å². The van der Waals surface area contributed by atoms with Crippen molar-refractivity contribution in [2.24, 2.45) is 5.92 Å². The van der Waals surface area contributed by atoms with Gasteiger partial charge in [0, 0.05) is 12.4 Å². The van der Waals surface area contributed by atoms with E-state index in [9.17, 15) is 14.4 Å². The number of imide groups is 1. The molecule has 0 unspecified atom stereocenters. The first kappa shape index (κ1) is 16.9. The normalized spacial score (nSPS) is 26.8. The van der Waals surface area contributed by atoms with Crippen LogP contribution in [0.5, 0.6) is 0 Å². The molecule has 24 heavy (non-hydrogen) atoms. The Morgan fingerprint density at radius 1 is 1.50 bits per heavy atom. The topological polar surface area (TPSA) is 82.6 Å². The molecule has 0 radical (unpaired) electrons. The summed E-state index contributed by atoms with van der Waals surface area (Å²) >= 11 is 1.46. The number of likely N-dealkylation sites (N-methyl/N-ethyl adjacent to an activating group) is 1. The van der Waals surface area contributed by atoms with E-state index in [1.807, 2.05) is 12.3 Å². The van der Waals surface area contributed by atoms with Crippen LogP contribution < -0.4 is 5.32 Å². The number of hydrogen-bond donors (Lipinski definition) is 1. The lowest BCUT2D eigenvalue weighted by Gasteiger charge is -2.36. The zero-order valence-electron chi connectivity index (χ0n) is 13.9. The molecule has 1 N–H and O–H groups in total. The Hall–Kier alpha value is -1.96. The van der Waals surface area contributed by atoms with Crippen molar-refractivity contribution < 1.29 is 14.4 Å². The van der Waals surface area contributed by atoms with Gasteiger partial charge in [0.15, 0.2) is 0 Å². The number of carbonyl (C=O) groups excluding carboxylic acids is 3. The van der Waals surface area contributed by atoms with Crippen molar-refractivity contribution in [3.63, 3.8) is 0 Å². The third-order valence-electron chi connectivity index (χ3n) is 5.10. The molecule has 1 aromatic rings. The summed E-state index contributed by atoms with van der Waals surface area (Å²) in [5, 5.41) is 4.74. The van der Waals surface area contributed by atoms with Crippen LogP contribution in [0, 0.1) is 5.92 Å². The van der Waals surface area contributed by atoms with Crippen LogP contribution in [-0.2, 0) is 16.1 Å². The molecular weight excluding hydrogens is 328 g/mol. The van der Waals surface area contributed by atoms with Crippen LogP contribution >= 0.6 is 11.3 Å². The number of carbonyl (C=O) groups is 3. The van der Waals surface area contributed by atoms with Crippen LogP contribution in [0.4, 0.5) is 4.79 Å². The first-order valence-electron chi connectivity index (χ1n) is 8.19. The van der Waals surface area contributed by atoms with E-state index < -0.39 is 11.6 Å². The predicted octanol–water partition coefficient (Wildman–Crippen LogP) is 1.60. The minimum Gasteiger partial charge on any atom is -0.338 e. The quantitative estimate of drug-likeness (QED) is 0.836. The first-order chi connectivity index (χ1) is 11.4. The van der Waals surface area contributed by atoms with Gasteiger partial charge in [-0.15, -0.1) is 11.3 Å². The highest BCUT2D eigenvalue weighted by Gasteiger charge is 2.55. The molecule has 1 spiro atoms. The van der Waals surface area contributed by atoms with E-state index >= 15 is 0 Å². The highest BCUT2D eigenvalue weighted by atomic mass is 32.1. The Balaban J connectivity index is 1.67. The summed E-state index contributed by atoms with van der Waals surface area (Å²) in [4.78, 5) is 44.2. The van der Waals surface area contributed by atoms with E-state index in [0.29, 0.717) is 13.0 Å². The summed E-state index contributed by atoms with van der Waals surface area (Å²) in [6.45, 7) is 2.14. The number of hydrogen-bond acceptors (Lipinski definition) is 5. The first-order valence-corrected chi connectivity index (χ1v) is 9.13. The molecule has 1 saturated heterocycles. The second kappa shape index (κ2) is 6.51. The van der Waals surface area contributed by atoms with E-state index in [0.717, 1.165) is 29.9 Å². The fraction of sp³-hybridized carbons (Fsp3) is 0.625. The van der Waals surface area contributed by atoms with Crippen LogP contribution in [0.25, 0.3) is 0 Å². The van der Waals surface area contributed by atoms with Crippen LogP contribution in [0.15, 0.2) is 10.9 Å². The summed E-state index contributed by atoms with van der Waals surface area (Å²) in [6.07, 6.45) is 3.55. The third kappa shape index (κ3) is 2.90. The molecule has 0 bridgehead atoms. The Bertz CT molecular complexity index is 648. The van der Waals surface area contributed by atoms with Gasteiger partial charge in [-0.3, -0.25) is 14.5 Å². The Labute approximate surface area is 145 Å². The molecule has 3 rings (SSSR count). The highest BCUT2D eigenvalue weighted by molar-refractivity contribution is 7.07. The minimum atomic E-state index is -0.816. The van der Waals surface area contributed by atoms with Gasteiger partial charge in [0.1, 0.15) is 12.1 Å². The van der Waals surface area contributed by atoms with Crippen molar-refractivity contribution in [1.29, 1.82) is 0 Å². The van der Waals surface area contributed by atoms with Crippen molar-refractivity contribution in [1.82, 2.24) is 20.1 Å². The van der Waals surface area contributed by atoms with Crippen LogP contribution in [0.2, 0.25) is 0 Å². The monoisotopic (exact) mass is 350 g/mol. The van der Waals surface area contributed by atoms with Gasteiger partial charge in [0.05, 0.1) is 17.7 Å². The summed E-state index contributed by atoms with van der Waals surface area (Å²) in [5.74, 6) is -0.433. The average molecular weight is 350 g/mol. The minimum absolute atomic E-state index is 0.0931. The number of amides is 4. The van der Waals surface area contributed by atoms with Gasteiger partial charge in [0.2, 0.25) is 5.91 Å². The van der Waals surface area contributed by atoms with Crippen LogP contribution in [-0.4, -0.2) is 51.8 Å². The van der Waals surface area contributed by atoms with Crippen LogP contribution in [0.1, 0.15) is 38.3 Å². The number of thiazole rings is 1. The van der Waals surface area contributed by atoms with E-state index in [1.165, 1.54) is 16.2 Å². The van der Waals surface area contributed by atoms with Gasteiger partial charge in [-0.1, -0.05) is 19.8 Å². The standard InChI is InChI=1S/C16H22N4O3S/c1-11-5-3-4-6-16(11)14(22)20(15(23)18-16)8-13(21)19(2)7-12-9-24-10-17-12/h9-11H,3-8H2,1-2H3,(H,18,23)/t11-,16+/m1/s1. The lowest BCUT2D eigenvalue weighted by atomic mass is 9.73. The molecule has 7 nitrogen and oxygen atoms in total. The molecule has 1 aliphatic carbocycles. The predicted molar refractivity (Wildman–Crippen MR) is 89.2 cm³/mol. The zero-order valence-corrected chi connectivity index (χ0v) is 14.8. The lowest BCUT2D eigenvalue weighted by molar-refractivity contribution is -0.140. The molecule has 8 heteroatoms. The Morgan fingerprint density at radius 3 is 2.96 bits per heavy atom. The zero-order chi connectivity index (χ0) is 17.3. The van der Waals surface area contributed by atoms with Gasteiger partial charge in [-0.2, -0.15) is 0 Å². The number of rotatable bonds is 4. The second-order valence-corrected chi connectivity index (χ2v) is 7.39. The number of nitrogens with one attached hydrogen (secondary N) is 1. The molecule has 4 amide bonds. The molecule has 1 aliphatic heterocycles. The SMILES string of the molecule is C[C@@H]1CCCC[C@]12NC(=O)N(CC(=O)N(C)Cc1cscn1)C2=O. The van der Waals surface area contributed by atoms with E-state index in [4.69, 9.17) is 0 Å². The van der Waals surface area contributed by atoms with Crippen LogP contribution in [0.3, 0.4) is 0 Å². The molecule has 0 aromatic carbocycles. The third-order valence-corrected chi connectivity index (χ3v) is 5.74. The van der Waals surface area contributed by atoms with Crippen molar-refractivity contribution in [2.75, 3.05) is 13.6 Å². The summed E-state index contributed by atoms with van der Waals surface area (Å²) < 4.78 is 0. The Morgan fingerprint density at radius 2 is 2.29 bits per heavy atom. The second-order valence-electron chi connectivity index (χ2n) is 6.67. The largest absolute Gasteiger partial charge is 0.338 e. The molecule has 2 heterocycles. The van der Waals surface area contributed by atoms with Crippen molar-refractivity contribution in [2.45, 2.75) is 44.7 Å². The van der Waals surface area contributed by atoms with Gasteiger partial charge < -0.3 is 10.2 Å². The van der Waals surface area contributed by atoms with E-state index in [2.05, 4.69) is 10.3 Å².